The molecule has 0 bridgehead atoms. The smallest absolute Gasteiger partial charge is 0.315 e. The van der Waals surface area contributed by atoms with Gasteiger partial charge in [-0.05, 0) is 61.2 Å². The molecule has 1 aromatic heterocycles. The van der Waals surface area contributed by atoms with Gasteiger partial charge in [-0.2, -0.15) is 13.2 Å². The zero-order chi connectivity index (χ0) is 21.8. The number of fused-ring (bicyclic) bond motifs is 1. The number of hydrogen-bond acceptors (Lipinski definition) is 4. The van der Waals surface area contributed by atoms with Gasteiger partial charge in [0.15, 0.2) is 0 Å². The molecule has 0 radical (unpaired) electrons. The van der Waals surface area contributed by atoms with Gasteiger partial charge >= 0.3 is 6.18 Å². The van der Waals surface area contributed by atoms with Crippen molar-refractivity contribution < 1.29 is 21.6 Å². The number of aromatic nitrogens is 1. The summed E-state index contributed by atoms with van der Waals surface area (Å²) < 4.78 is 65.6. The van der Waals surface area contributed by atoms with Crippen molar-refractivity contribution in [3.63, 3.8) is 0 Å². The molecule has 0 aliphatic rings. The molecule has 5 nitrogen and oxygen atoms in total. The number of nitrogens with zero attached hydrogens (tertiary/aromatic N) is 1. The van der Waals surface area contributed by atoms with Crippen molar-refractivity contribution in [1.29, 1.82) is 0 Å². The molecule has 168 valence electrons. The highest BCUT2D eigenvalue weighted by molar-refractivity contribution is 7.89. The van der Waals surface area contributed by atoms with E-state index in [1.54, 1.807) is 37.5 Å². The highest BCUT2D eigenvalue weighted by atomic mass is 35.5. The Balaban J connectivity index is 0.00000341. The van der Waals surface area contributed by atoms with Crippen LogP contribution in [0, 0.1) is 0 Å². The molecule has 0 saturated heterocycles. The summed E-state index contributed by atoms with van der Waals surface area (Å²) in [6.07, 6.45) is -0.528. The molecule has 0 amide bonds. The average molecular weight is 474 g/mol. The Morgan fingerprint density at radius 1 is 1.03 bits per heavy atom. The molecule has 31 heavy (non-hydrogen) atoms. The molecular formula is C21H23ClF3N3O2S. The van der Waals surface area contributed by atoms with Crippen molar-refractivity contribution in [3.05, 3.63) is 72.1 Å². The van der Waals surface area contributed by atoms with Gasteiger partial charge in [0.1, 0.15) is 0 Å². The second-order valence-corrected chi connectivity index (χ2v) is 8.77. The first-order valence-electron chi connectivity index (χ1n) is 9.38. The summed E-state index contributed by atoms with van der Waals surface area (Å²) in [6.45, 7) is 2.64. The summed E-state index contributed by atoms with van der Waals surface area (Å²) in [5.41, 5.74) is 0.0987. The Labute approximate surface area is 185 Å². The van der Waals surface area contributed by atoms with Crippen LogP contribution in [0.15, 0.2) is 65.8 Å². The van der Waals surface area contributed by atoms with Crippen LogP contribution in [0.5, 0.6) is 0 Å². The number of rotatable bonds is 8. The fourth-order valence-corrected chi connectivity index (χ4v) is 4.29. The quantitative estimate of drug-likeness (QED) is 0.482. The SMILES string of the molecule is CC(CNCCc1ccc(C(F)(F)F)cc1)NS(=O)(=O)c1ccc2cnccc2c1.Cl. The van der Waals surface area contributed by atoms with Gasteiger partial charge in [0, 0.05) is 30.4 Å². The Morgan fingerprint density at radius 3 is 2.42 bits per heavy atom. The number of pyridine rings is 1. The summed E-state index contributed by atoms with van der Waals surface area (Å²) in [7, 11) is -3.68. The van der Waals surface area contributed by atoms with E-state index in [-0.39, 0.29) is 23.3 Å². The van der Waals surface area contributed by atoms with E-state index in [0.29, 0.717) is 19.5 Å². The molecule has 10 heteroatoms. The summed E-state index contributed by atoms with van der Waals surface area (Å²) in [6, 6.07) is 11.3. The maximum absolute atomic E-state index is 12.6. The number of nitrogens with one attached hydrogen (secondary N) is 2. The van der Waals surface area contributed by atoms with Gasteiger partial charge in [-0.3, -0.25) is 4.98 Å². The van der Waals surface area contributed by atoms with Gasteiger partial charge < -0.3 is 5.32 Å². The minimum Gasteiger partial charge on any atom is -0.315 e. The van der Waals surface area contributed by atoms with E-state index < -0.39 is 21.8 Å². The van der Waals surface area contributed by atoms with E-state index in [9.17, 15) is 21.6 Å². The Bertz CT molecular complexity index is 1110. The lowest BCUT2D eigenvalue weighted by atomic mass is 10.1. The lowest BCUT2D eigenvalue weighted by Crippen LogP contribution is -2.40. The second-order valence-electron chi connectivity index (χ2n) is 7.06. The van der Waals surface area contributed by atoms with Crippen molar-refractivity contribution in [2.45, 2.75) is 30.5 Å². The Hall–Kier alpha value is -2.20. The van der Waals surface area contributed by atoms with E-state index in [0.717, 1.165) is 28.5 Å². The molecule has 0 saturated carbocycles. The van der Waals surface area contributed by atoms with E-state index in [4.69, 9.17) is 0 Å². The van der Waals surface area contributed by atoms with Gasteiger partial charge in [-0.15, -0.1) is 12.4 Å². The van der Waals surface area contributed by atoms with Gasteiger partial charge in [0.25, 0.3) is 0 Å². The molecule has 2 N–H and O–H groups in total. The molecule has 1 atom stereocenters. The standard InChI is InChI=1S/C21H22F3N3O2S.ClH/c1-15(13-25-10-8-16-2-5-19(6-3-16)21(22,23)24)27-30(28,29)20-7-4-18-14-26-11-9-17(18)12-20;/h2-7,9,11-12,14-15,25,27H,8,10,13H2,1H3;1H. The molecular weight excluding hydrogens is 451 g/mol. The number of hydrogen-bond donors (Lipinski definition) is 2. The first-order chi connectivity index (χ1) is 14.1. The average Bonchev–Trinajstić information content (AvgIpc) is 2.70. The maximum Gasteiger partial charge on any atom is 0.416 e. The molecule has 1 heterocycles. The topological polar surface area (TPSA) is 71.1 Å². The molecule has 0 fully saturated rings. The van der Waals surface area contributed by atoms with E-state index in [2.05, 4.69) is 15.0 Å². The van der Waals surface area contributed by atoms with Crippen LogP contribution >= 0.6 is 12.4 Å². The van der Waals surface area contributed by atoms with Crippen LogP contribution in [0.2, 0.25) is 0 Å². The van der Waals surface area contributed by atoms with Gasteiger partial charge in [-0.1, -0.05) is 18.2 Å². The Morgan fingerprint density at radius 2 is 1.74 bits per heavy atom. The molecule has 0 aliphatic carbocycles. The van der Waals surface area contributed by atoms with E-state index in [1.807, 2.05) is 0 Å². The van der Waals surface area contributed by atoms with Gasteiger partial charge in [0.2, 0.25) is 10.0 Å². The largest absolute Gasteiger partial charge is 0.416 e. The Kier molecular flexibility index (Phi) is 8.41. The number of alkyl halides is 3. The van der Waals surface area contributed by atoms with Crippen LogP contribution in [0.3, 0.4) is 0 Å². The van der Waals surface area contributed by atoms with Crippen molar-refractivity contribution in [1.82, 2.24) is 15.0 Å². The van der Waals surface area contributed by atoms with Crippen LogP contribution in [-0.2, 0) is 22.6 Å². The minimum atomic E-state index is -4.34. The van der Waals surface area contributed by atoms with Crippen LogP contribution in [-0.4, -0.2) is 32.5 Å². The van der Waals surface area contributed by atoms with Crippen LogP contribution in [0.25, 0.3) is 10.8 Å². The van der Waals surface area contributed by atoms with E-state index in [1.165, 1.54) is 18.2 Å². The summed E-state index contributed by atoms with van der Waals surface area (Å²) in [5.74, 6) is 0. The van der Waals surface area contributed by atoms with Gasteiger partial charge in [-0.25, -0.2) is 13.1 Å². The molecule has 3 rings (SSSR count). The zero-order valence-electron chi connectivity index (χ0n) is 16.7. The third-order valence-electron chi connectivity index (χ3n) is 4.60. The molecule has 0 spiro atoms. The number of halogens is 4. The first kappa shape index (κ1) is 25.1. The van der Waals surface area contributed by atoms with Crippen molar-refractivity contribution in [2.24, 2.45) is 0 Å². The summed E-state index contributed by atoms with van der Waals surface area (Å²) in [5, 5.41) is 4.77. The lowest BCUT2D eigenvalue weighted by Gasteiger charge is -2.15. The molecule has 0 aliphatic heterocycles. The summed E-state index contributed by atoms with van der Waals surface area (Å²) in [4.78, 5) is 4.19. The fourth-order valence-electron chi connectivity index (χ4n) is 3.01. The maximum atomic E-state index is 12.6. The predicted octanol–water partition coefficient (Wildman–Crippen LogP) is 4.17. The highest BCUT2D eigenvalue weighted by Gasteiger charge is 2.29. The van der Waals surface area contributed by atoms with Crippen LogP contribution in [0.1, 0.15) is 18.1 Å². The highest BCUT2D eigenvalue weighted by Crippen LogP contribution is 2.29. The monoisotopic (exact) mass is 473 g/mol. The molecule has 3 aromatic rings. The zero-order valence-corrected chi connectivity index (χ0v) is 18.3. The lowest BCUT2D eigenvalue weighted by molar-refractivity contribution is -0.137. The van der Waals surface area contributed by atoms with Crippen LogP contribution in [0.4, 0.5) is 13.2 Å². The van der Waals surface area contributed by atoms with E-state index >= 15 is 0 Å². The number of sulfonamides is 1. The molecule has 2 aromatic carbocycles. The second kappa shape index (κ2) is 10.4. The minimum absolute atomic E-state index is 0. The fraction of sp³-hybridized carbons (Fsp3) is 0.286. The van der Waals surface area contributed by atoms with Crippen LogP contribution < -0.4 is 10.0 Å². The molecule has 1 unspecified atom stereocenters. The normalized spacial score (nSPS) is 13.0. The number of benzene rings is 2. The van der Waals surface area contributed by atoms with Crippen molar-refractivity contribution in [3.8, 4) is 0 Å². The third-order valence-corrected chi connectivity index (χ3v) is 6.19. The van der Waals surface area contributed by atoms with Crippen molar-refractivity contribution in [2.75, 3.05) is 13.1 Å². The first-order valence-corrected chi connectivity index (χ1v) is 10.9. The predicted molar refractivity (Wildman–Crippen MR) is 117 cm³/mol. The summed E-state index contributed by atoms with van der Waals surface area (Å²) >= 11 is 0. The van der Waals surface area contributed by atoms with Gasteiger partial charge in [0.05, 0.1) is 10.5 Å². The third kappa shape index (κ3) is 6.90. The van der Waals surface area contributed by atoms with Crippen molar-refractivity contribution >= 4 is 33.2 Å².